The molecule has 4 nitrogen and oxygen atoms in total. The van der Waals surface area contributed by atoms with Crippen molar-refractivity contribution in [3.8, 4) is 11.5 Å². The Morgan fingerprint density at radius 1 is 1.15 bits per heavy atom. The van der Waals surface area contributed by atoms with Gasteiger partial charge < -0.3 is 14.7 Å². The summed E-state index contributed by atoms with van der Waals surface area (Å²) in [5.74, 6) is 0.701. The quantitative estimate of drug-likeness (QED) is 0.720. The molecule has 0 unspecified atom stereocenters. The second kappa shape index (κ2) is 9.45. The third kappa shape index (κ3) is 5.61. The monoisotopic (exact) mass is 388 g/mol. The Bertz CT molecular complexity index is 736. The highest BCUT2D eigenvalue weighted by Crippen LogP contribution is 2.27. The molecule has 0 spiro atoms. The molecule has 27 heavy (non-hydrogen) atoms. The first-order valence-electron chi connectivity index (χ1n) is 9.58. The summed E-state index contributed by atoms with van der Waals surface area (Å²) in [5.41, 5.74) is 2.39. The molecule has 0 amide bonds. The van der Waals surface area contributed by atoms with Gasteiger partial charge in [-0.3, -0.25) is 4.90 Å². The molecule has 1 N–H and O–H groups in total. The maximum Gasteiger partial charge on any atom is 0.160 e. The number of aromatic hydroxyl groups is 1. The van der Waals surface area contributed by atoms with Crippen molar-refractivity contribution in [2.24, 2.45) is 0 Å². The number of likely N-dealkylation sites (tertiary alicyclic amines) is 1. The zero-order chi connectivity index (χ0) is 19.2. The number of ether oxygens (including phenoxy) is 1. The van der Waals surface area contributed by atoms with Crippen LogP contribution in [0.2, 0.25) is 5.02 Å². The van der Waals surface area contributed by atoms with E-state index >= 15 is 0 Å². The van der Waals surface area contributed by atoms with Crippen LogP contribution in [0.25, 0.3) is 0 Å². The minimum absolute atomic E-state index is 0.179. The van der Waals surface area contributed by atoms with Crippen LogP contribution in [-0.2, 0) is 13.1 Å². The summed E-state index contributed by atoms with van der Waals surface area (Å²) in [4.78, 5) is 4.94. The lowest BCUT2D eigenvalue weighted by Crippen LogP contribution is -2.31. The molecule has 1 aliphatic heterocycles. The van der Waals surface area contributed by atoms with Crippen molar-refractivity contribution < 1.29 is 9.84 Å². The van der Waals surface area contributed by atoms with Crippen molar-refractivity contribution in [1.29, 1.82) is 0 Å². The lowest BCUT2D eigenvalue weighted by Gasteiger charge is -2.26. The van der Waals surface area contributed by atoms with Gasteiger partial charge in [0.1, 0.15) is 0 Å². The molecule has 1 aliphatic rings. The van der Waals surface area contributed by atoms with Crippen molar-refractivity contribution in [3.63, 3.8) is 0 Å². The number of phenols is 1. The molecule has 2 aromatic carbocycles. The first-order chi connectivity index (χ1) is 13.0. The predicted octanol–water partition coefficient (Wildman–Crippen LogP) is 4.54. The first kappa shape index (κ1) is 20.0. The molecule has 2 aromatic rings. The highest BCUT2D eigenvalue weighted by molar-refractivity contribution is 6.30. The Morgan fingerprint density at radius 2 is 1.85 bits per heavy atom. The van der Waals surface area contributed by atoms with Crippen LogP contribution in [0.5, 0.6) is 11.5 Å². The molecule has 0 aliphatic carbocycles. The summed E-state index contributed by atoms with van der Waals surface area (Å²) in [6, 6.07) is 14.3. The molecule has 1 heterocycles. The zero-order valence-electron chi connectivity index (χ0n) is 16.2. The predicted molar refractivity (Wildman–Crippen MR) is 110 cm³/mol. The zero-order valence-corrected chi connectivity index (χ0v) is 17.0. The number of nitrogens with zero attached hydrogens (tertiary/aromatic N) is 2. The molecular weight excluding hydrogens is 360 g/mol. The highest BCUT2D eigenvalue weighted by atomic mass is 35.5. The number of methoxy groups -OCH3 is 1. The van der Waals surface area contributed by atoms with Crippen LogP contribution in [-0.4, -0.2) is 48.2 Å². The van der Waals surface area contributed by atoms with E-state index in [-0.39, 0.29) is 5.75 Å². The first-order valence-corrected chi connectivity index (χ1v) is 9.96. The summed E-state index contributed by atoms with van der Waals surface area (Å²) < 4.78 is 5.26. The van der Waals surface area contributed by atoms with Gasteiger partial charge in [0, 0.05) is 30.7 Å². The number of rotatable bonds is 8. The van der Waals surface area contributed by atoms with Gasteiger partial charge in [0.15, 0.2) is 11.5 Å². The van der Waals surface area contributed by atoms with Gasteiger partial charge in [0.05, 0.1) is 7.11 Å². The second-order valence-electron chi connectivity index (χ2n) is 7.41. The molecule has 1 atom stereocenters. The molecule has 146 valence electrons. The molecular formula is C22H29ClN2O2. The smallest absolute Gasteiger partial charge is 0.160 e. The summed E-state index contributed by atoms with van der Waals surface area (Å²) in [6.07, 6.45) is 3.76. The number of benzene rings is 2. The number of hydrogen-bond acceptors (Lipinski definition) is 4. The van der Waals surface area contributed by atoms with Crippen LogP contribution in [0.3, 0.4) is 0 Å². The van der Waals surface area contributed by atoms with Crippen molar-refractivity contribution in [3.05, 3.63) is 58.6 Å². The fourth-order valence-electron chi connectivity index (χ4n) is 3.82. The van der Waals surface area contributed by atoms with Crippen LogP contribution in [0, 0.1) is 0 Å². The fraction of sp³-hybridized carbons (Fsp3) is 0.455. The van der Waals surface area contributed by atoms with E-state index < -0.39 is 0 Å². The van der Waals surface area contributed by atoms with Crippen molar-refractivity contribution >= 4 is 11.6 Å². The SMILES string of the molecule is COc1cc(CN(CC[C@@H]2CCCN2C)Cc2ccc(Cl)cc2)ccc1O. The number of phenolic OH excluding ortho intramolecular Hbond substituents is 1. The van der Waals surface area contributed by atoms with Crippen LogP contribution in [0.1, 0.15) is 30.4 Å². The Kier molecular flexibility index (Phi) is 7.00. The van der Waals surface area contributed by atoms with Crippen molar-refractivity contribution in [2.45, 2.75) is 38.4 Å². The topological polar surface area (TPSA) is 35.9 Å². The average Bonchev–Trinajstić information content (AvgIpc) is 3.08. The number of hydrogen-bond donors (Lipinski definition) is 1. The summed E-state index contributed by atoms with van der Waals surface area (Å²) in [6.45, 7) is 3.92. The van der Waals surface area contributed by atoms with Crippen LogP contribution in [0.4, 0.5) is 0 Å². The van der Waals surface area contributed by atoms with E-state index in [1.807, 2.05) is 24.3 Å². The normalized spacial score (nSPS) is 17.6. The van der Waals surface area contributed by atoms with Gasteiger partial charge >= 0.3 is 0 Å². The van der Waals surface area contributed by atoms with Gasteiger partial charge in [0.2, 0.25) is 0 Å². The maximum absolute atomic E-state index is 9.85. The Hall–Kier alpha value is -1.75. The minimum atomic E-state index is 0.179. The van der Waals surface area contributed by atoms with Gasteiger partial charge in [0.25, 0.3) is 0 Å². The largest absolute Gasteiger partial charge is 0.504 e. The van der Waals surface area contributed by atoms with Gasteiger partial charge in [-0.25, -0.2) is 0 Å². The molecule has 5 heteroatoms. The maximum atomic E-state index is 9.85. The van der Waals surface area contributed by atoms with E-state index in [1.54, 1.807) is 13.2 Å². The second-order valence-corrected chi connectivity index (χ2v) is 7.85. The van der Waals surface area contributed by atoms with Crippen LogP contribution < -0.4 is 4.74 Å². The average molecular weight is 389 g/mol. The molecule has 0 radical (unpaired) electrons. The third-order valence-corrected chi connectivity index (χ3v) is 5.67. The van der Waals surface area contributed by atoms with Gasteiger partial charge in [-0.05, 0) is 68.2 Å². The van der Waals surface area contributed by atoms with E-state index in [9.17, 15) is 5.11 Å². The van der Waals surface area contributed by atoms with Crippen LogP contribution >= 0.6 is 11.6 Å². The standard InChI is InChI=1S/C22H29ClN2O2/c1-24-12-3-4-20(24)11-13-25(15-17-5-8-19(23)9-6-17)16-18-7-10-21(26)22(14-18)27-2/h5-10,14,20,26H,3-4,11-13,15-16H2,1-2H3/t20-/m0/s1. The van der Waals surface area contributed by atoms with Gasteiger partial charge in [-0.1, -0.05) is 29.8 Å². The lowest BCUT2D eigenvalue weighted by atomic mass is 10.1. The van der Waals surface area contributed by atoms with Crippen LogP contribution in [0.15, 0.2) is 42.5 Å². The Morgan fingerprint density at radius 3 is 2.52 bits per heavy atom. The molecule has 0 bridgehead atoms. The fourth-order valence-corrected chi connectivity index (χ4v) is 3.94. The summed E-state index contributed by atoms with van der Waals surface area (Å²) >= 11 is 6.03. The Balaban J connectivity index is 1.70. The lowest BCUT2D eigenvalue weighted by molar-refractivity contribution is 0.211. The van der Waals surface area contributed by atoms with E-state index in [2.05, 4.69) is 29.0 Å². The highest BCUT2D eigenvalue weighted by Gasteiger charge is 2.21. The molecule has 3 rings (SSSR count). The van der Waals surface area contributed by atoms with Crippen molar-refractivity contribution in [2.75, 3.05) is 27.2 Å². The number of halogens is 1. The van der Waals surface area contributed by atoms with Gasteiger partial charge in [-0.2, -0.15) is 0 Å². The summed E-state index contributed by atoms with van der Waals surface area (Å²) in [5, 5.41) is 10.6. The molecule has 0 aromatic heterocycles. The van der Waals surface area contributed by atoms with E-state index in [0.29, 0.717) is 11.8 Å². The third-order valence-electron chi connectivity index (χ3n) is 5.42. The molecule has 1 fully saturated rings. The summed E-state index contributed by atoms with van der Waals surface area (Å²) in [7, 11) is 3.81. The Labute approximate surface area is 167 Å². The molecule has 1 saturated heterocycles. The van der Waals surface area contributed by atoms with E-state index in [0.717, 1.165) is 30.2 Å². The molecule has 0 saturated carbocycles. The van der Waals surface area contributed by atoms with E-state index in [4.69, 9.17) is 16.3 Å². The minimum Gasteiger partial charge on any atom is -0.504 e. The van der Waals surface area contributed by atoms with E-state index in [1.165, 1.54) is 31.4 Å². The van der Waals surface area contributed by atoms with Crippen molar-refractivity contribution in [1.82, 2.24) is 9.80 Å². The van der Waals surface area contributed by atoms with Gasteiger partial charge in [-0.15, -0.1) is 0 Å².